The molecule has 1 aliphatic heterocycles. The maximum Gasteiger partial charge on any atom is 0.309 e. The van der Waals surface area contributed by atoms with E-state index in [-0.39, 0.29) is 41.7 Å². The van der Waals surface area contributed by atoms with Crippen LogP contribution in [-0.2, 0) is 16.1 Å². The lowest BCUT2D eigenvalue weighted by Crippen LogP contribution is -2.46. The summed E-state index contributed by atoms with van der Waals surface area (Å²) in [5, 5.41) is 3.19. The van der Waals surface area contributed by atoms with E-state index in [4.69, 9.17) is 4.74 Å². The van der Waals surface area contributed by atoms with Gasteiger partial charge in [0, 0.05) is 36.7 Å². The molecular formula is C17H24BrFIN3O2. The molecule has 140 valence electrons. The van der Waals surface area contributed by atoms with Crippen molar-refractivity contribution in [2.75, 3.05) is 26.7 Å². The van der Waals surface area contributed by atoms with E-state index in [2.05, 4.69) is 31.1 Å². The van der Waals surface area contributed by atoms with E-state index in [0.717, 1.165) is 36.4 Å². The second-order valence-corrected chi connectivity index (χ2v) is 6.57. The largest absolute Gasteiger partial charge is 0.466 e. The molecule has 1 aliphatic rings. The van der Waals surface area contributed by atoms with Gasteiger partial charge in [0.25, 0.3) is 0 Å². The first kappa shape index (κ1) is 22.1. The molecule has 8 heteroatoms. The van der Waals surface area contributed by atoms with Gasteiger partial charge in [-0.15, -0.1) is 24.0 Å². The molecule has 1 aromatic carbocycles. The van der Waals surface area contributed by atoms with E-state index in [1.807, 2.05) is 6.92 Å². The number of hydrogen-bond donors (Lipinski definition) is 1. The normalized spacial score (nSPS) is 15.5. The Kier molecular flexibility index (Phi) is 9.70. The highest BCUT2D eigenvalue weighted by Crippen LogP contribution is 2.19. The summed E-state index contributed by atoms with van der Waals surface area (Å²) in [6, 6.07) is 4.87. The summed E-state index contributed by atoms with van der Waals surface area (Å²) < 4.78 is 19.7. The second kappa shape index (κ2) is 10.9. The SMILES string of the molecule is CCOC(=O)C1CCN(C(=NC)NCc2cc(Br)ccc2F)CC1.I. The van der Waals surface area contributed by atoms with Gasteiger partial charge in [0.2, 0.25) is 0 Å². The lowest BCUT2D eigenvalue weighted by atomic mass is 9.97. The summed E-state index contributed by atoms with van der Waals surface area (Å²) in [5.74, 6) is 0.317. The molecule has 0 aromatic heterocycles. The van der Waals surface area contributed by atoms with Crippen LogP contribution in [0.5, 0.6) is 0 Å². The molecule has 2 rings (SSSR count). The number of ether oxygens (including phenoxy) is 1. The molecule has 0 bridgehead atoms. The number of nitrogens with one attached hydrogen (secondary N) is 1. The number of nitrogens with zero attached hydrogens (tertiary/aromatic N) is 2. The first-order valence-corrected chi connectivity index (χ1v) is 8.90. The van der Waals surface area contributed by atoms with Crippen molar-refractivity contribution in [3.63, 3.8) is 0 Å². The van der Waals surface area contributed by atoms with Crippen molar-refractivity contribution < 1.29 is 13.9 Å². The van der Waals surface area contributed by atoms with Crippen molar-refractivity contribution in [1.82, 2.24) is 10.2 Å². The van der Waals surface area contributed by atoms with Crippen molar-refractivity contribution in [3.05, 3.63) is 34.1 Å². The number of benzene rings is 1. The van der Waals surface area contributed by atoms with Gasteiger partial charge in [0.1, 0.15) is 5.82 Å². The van der Waals surface area contributed by atoms with Gasteiger partial charge < -0.3 is 15.0 Å². The minimum Gasteiger partial charge on any atom is -0.466 e. The van der Waals surface area contributed by atoms with E-state index in [9.17, 15) is 9.18 Å². The van der Waals surface area contributed by atoms with Crippen molar-refractivity contribution in [3.8, 4) is 0 Å². The van der Waals surface area contributed by atoms with Gasteiger partial charge in [0.15, 0.2) is 5.96 Å². The van der Waals surface area contributed by atoms with Crippen LogP contribution in [0, 0.1) is 11.7 Å². The zero-order valence-corrected chi connectivity index (χ0v) is 18.3. The third kappa shape index (κ3) is 6.40. The fourth-order valence-corrected chi connectivity index (χ4v) is 3.18. The molecule has 1 N–H and O–H groups in total. The predicted molar refractivity (Wildman–Crippen MR) is 111 cm³/mol. The summed E-state index contributed by atoms with van der Waals surface area (Å²) >= 11 is 3.35. The zero-order valence-electron chi connectivity index (χ0n) is 14.4. The average Bonchev–Trinajstić information content (AvgIpc) is 2.59. The number of aliphatic imine (C=N–C) groups is 1. The molecule has 1 fully saturated rings. The predicted octanol–water partition coefficient (Wildman–Crippen LogP) is 3.56. The van der Waals surface area contributed by atoms with Crippen LogP contribution in [0.4, 0.5) is 4.39 Å². The number of hydrogen-bond acceptors (Lipinski definition) is 3. The van der Waals surface area contributed by atoms with Crippen molar-refractivity contribution in [1.29, 1.82) is 0 Å². The molecule has 1 saturated heterocycles. The quantitative estimate of drug-likeness (QED) is 0.281. The van der Waals surface area contributed by atoms with Gasteiger partial charge in [0.05, 0.1) is 12.5 Å². The molecule has 0 aliphatic carbocycles. The summed E-state index contributed by atoms with van der Waals surface area (Å²) in [4.78, 5) is 18.1. The Balaban J connectivity index is 0.00000312. The number of likely N-dealkylation sites (tertiary alicyclic amines) is 1. The number of carbonyl (C=O) groups excluding carboxylic acids is 1. The molecule has 0 unspecified atom stereocenters. The van der Waals surface area contributed by atoms with E-state index in [0.29, 0.717) is 18.7 Å². The Labute approximate surface area is 173 Å². The lowest BCUT2D eigenvalue weighted by molar-refractivity contribution is -0.149. The lowest BCUT2D eigenvalue weighted by Gasteiger charge is -2.33. The Morgan fingerprint density at radius 3 is 2.72 bits per heavy atom. The number of halogens is 3. The maximum absolute atomic E-state index is 13.8. The summed E-state index contributed by atoms with van der Waals surface area (Å²) in [7, 11) is 1.71. The maximum atomic E-state index is 13.8. The summed E-state index contributed by atoms with van der Waals surface area (Å²) in [5.41, 5.74) is 0.576. The highest BCUT2D eigenvalue weighted by Gasteiger charge is 2.27. The third-order valence-corrected chi connectivity index (χ3v) is 4.56. The fourth-order valence-electron chi connectivity index (χ4n) is 2.77. The number of esters is 1. The summed E-state index contributed by atoms with van der Waals surface area (Å²) in [6.45, 7) is 4.05. The Bertz CT molecular complexity index is 608. The third-order valence-electron chi connectivity index (χ3n) is 4.07. The van der Waals surface area contributed by atoms with E-state index < -0.39 is 0 Å². The number of guanidine groups is 1. The van der Waals surface area contributed by atoms with Crippen LogP contribution >= 0.6 is 39.9 Å². The van der Waals surface area contributed by atoms with Crippen molar-refractivity contribution in [2.24, 2.45) is 10.9 Å². The van der Waals surface area contributed by atoms with Crippen LogP contribution in [-0.4, -0.2) is 43.6 Å². The molecule has 1 heterocycles. The van der Waals surface area contributed by atoms with Gasteiger partial charge >= 0.3 is 5.97 Å². The van der Waals surface area contributed by atoms with Gasteiger partial charge in [-0.05, 0) is 38.0 Å². The van der Waals surface area contributed by atoms with E-state index in [1.165, 1.54) is 6.07 Å². The molecule has 0 saturated carbocycles. The first-order valence-electron chi connectivity index (χ1n) is 8.11. The molecule has 0 amide bonds. The highest BCUT2D eigenvalue weighted by atomic mass is 127. The standard InChI is InChI=1S/C17H23BrFN3O2.HI/c1-3-24-16(23)12-6-8-22(9-7-12)17(20-2)21-11-13-10-14(18)4-5-15(13)19;/h4-5,10,12H,3,6-9,11H2,1-2H3,(H,20,21);1H. The van der Waals surface area contributed by atoms with E-state index >= 15 is 0 Å². The Morgan fingerprint density at radius 2 is 2.12 bits per heavy atom. The first-order chi connectivity index (χ1) is 11.5. The van der Waals surface area contributed by atoms with Crippen LogP contribution in [0.25, 0.3) is 0 Å². The van der Waals surface area contributed by atoms with Crippen molar-refractivity contribution in [2.45, 2.75) is 26.3 Å². The van der Waals surface area contributed by atoms with Crippen LogP contribution in [0.1, 0.15) is 25.3 Å². The minimum atomic E-state index is -0.248. The molecule has 0 radical (unpaired) electrons. The molecule has 5 nitrogen and oxygen atoms in total. The van der Waals surface area contributed by atoms with Crippen LogP contribution in [0.15, 0.2) is 27.7 Å². The second-order valence-electron chi connectivity index (χ2n) is 5.65. The van der Waals surface area contributed by atoms with Gasteiger partial charge in [-0.25, -0.2) is 4.39 Å². The zero-order chi connectivity index (χ0) is 17.5. The fraction of sp³-hybridized carbons (Fsp3) is 0.529. The van der Waals surface area contributed by atoms with Crippen LogP contribution < -0.4 is 5.32 Å². The van der Waals surface area contributed by atoms with Crippen LogP contribution in [0.3, 0.4) is 0 Å². The number of carbonyl (C=O) groups is 1. The number of piperidine rings is 1. The number of rotatable bonds is 4. The van der Waals surface area contributed by atoms with Gasteiger partial charge in [-0.1, -0.05) is 15.9 Å². The molecule has 0 atom stereocenters. The minimum absolute atomic E-state index is 0. The van der Waals surface area contributed by atoms with Gasteiger partial charge in [-0.2, -0.15) is 0 Å². The molecular weight excluding hydrogens is 504 g/mol. The Hall–Kier alpha value is -0.900. The topological polar surface area (TPSA) is 53.9 Å². The van der Waals surface area contributed by atoms with E-state index in [1.54, 1.807) is 19.2 Å². The monoisotopic (exact) mass is 527 g/mol. The van der Waals surface area contributed by atoms with Crippen molar-refractivity contribution >= 4 is 51.8 Å². The Morgan fingerprint density at radius 1 is 1.44 bits per heavy atom. The van der Waals surface area contributed by atoms with Gasteiger partial charge in [-0.3, -0.25) is 9.79 Å². The highest BCUT2D eigenvalue weighted by molar-refractivity contribution is 14.0. The van der Waals surface area contributed by atoms with Crippen LogP contribution in [0.2, 0.25) is 0 Å². The molecule has 1 aromatic rings. The molecule has 25 heavy (non-hydrogen) atoms. The summed E-state index contributed by atoms with van der Waals surface area (Å²) in [6.07, 6.45) is 1.48. The average molecular weight is 528 g/mol. The smallest absolute Gasteiger partial charge is 0.309 e. The molecule has 0 spiro atoms.